The molecule has 0 radical (unpaired) electrons. The van der Waals surface area contributed by atoms with Crippen LogP contribution in [0.2, 0.25) is 0 Å². The third-order valence-corrected chi connectivity index (χ3v) is 5.67. The SMILES string of the molecule is CN(CCNC(=O)[C@H]1CNC[C@@H]1c1cnn(C)c1)C1CCCCC1. The highest BCUT2D eigenvalue weighted by Gasteiger charge is 2.34. The monoisotopic (exact) mass is 333 g/mol. The summed E-state index contributed by atoms with van der Waals surface area (Å²) in [6, 6.07) is 0.701. The maximum absolute atomic E-state index is 12.6. The Bertz CT molecular complexity index is 537. The minimum absolute atomic E-state index is 0.00851. The van der Waals surface area contributed by atoms with Crippen LogP contribution >= 0.6 is 0 Å². The van der Waals surface area contributed by atoms with Gasteiger partial charge in [-0.05, 0) is 25.5 Å². The molecular weight excluding hydrogens is 302 g/mol. The number of rotatable bonds is 6. The molecule has 6 heteroatoms. The van der Waals surface area contributed by atoms with E-state index >= 15 is 0 Å². The van der Waals surface area contributed by atoms with Crippen molar-refractivity contribution in [3.05, 3.63) is 18.0 Å². The van der Waals surface area contributed by atoms with Crippen molar-refractivity contribution < 1.29 is 4.79 Å². The van der Waals surface area contributed by atoms with E-state index in [1.54, 1.807) is 0 Å². The van der Waals surface area contributed by atoms with E-state index in [9.17, 15) is 4.79 Å². The molecule has 2 N–H and O–H groups in total. The van der Waals surface area contributed by atoms with Crippen molar-refractivity contribution in [1.29, 1.82) is 0 Å². The van der Waals surface area contributed by atoms with E-state index < -0.39 is 0 Å². The highest BCUT2D eigenvalue weighted by Crippen LogP contribution is 2.27. The van der Waals surface area contributed by atoms with Gasteiger partial charge in [-0.25, -0.2) is 0 Å². The number of hydrogen-bond acceptors (Lipinski definition) is 4. The molecule has 0 bridgehead atoms. The van der Waals surface area contributed by atoms with Crippen molar-refractivity contribution in [3.63, 3.8) is 0 Å². The van der Waals surface area contributed by atoms with Crippen LogP contribution in [0.4, 0.5) is 0 Å². The number of aromatic nitrogens is 2. The summed E-state index contributed by atoms with van der Waals surface area (Å²) >= 11 is 0. The van der Waals surface area contributed by atoms with Gasteiger partial charge in [-0.15, -0.1) is 0 Å². The van der Waals surface area contributed by atoms with E-state index in [1.165, 1.54) is 32.1 Å². The summed E-state index contributed by atoms with van der Waals surface area (Å²) in [4.78, 5) is 15.0. The zero-order chi connectivity index (χ0) is 16.9. The van der Waals surface area contributed by atoms with Crippen LogP contribution in [0.25, 0.3) is 0 Å². The molecule has 2 atom stereocenters. The van der Waals surface area contributed by atoms with Gasteiger partial charge in [0.25, 0.3) is 0 Å². The van der Waals surface area contributed by atoms with Gasteiger partial charge in [-0.2, -0.15) is 5.10 Å². The first kappa shape index (κ1) is 17.4. The molecule has 1 aromatic heterocycles. The summed E-state index contributed by atoms with van der Waals surface area (Å²) in [6.07, 6.45) is 10.6. The Balaban J connectivity index is 1.45. The summed E-state index contributed by atoms with van der Waals surface area (Å²) in [5.41, 5.74) is 1.15. The van der Waals surface area contributed by atoms with Crippen LogP contribution in [0, 0.1) is 5.92 Å². The Morgan fingerprint density at radius 1 is 1.38 bits per heavy atom. The number of carbonyl (C=O) groups excluding carboxylic acids is 1. The maximum atomic E-state index is 12.6. The Labute approximate surface area is 145 Å². The van der Waals surface area contributed by atoms with Gasteiger partial charge in [0.05, 0.1) is 12.1 Å². The van der Waals surface area contributed by atoms with E-state index in [1.807, 2.05) is 24.1 Å². The normalized spacial score (nSPS) is 25.3. The first-order valence-corrected chi connectivity index (χ1v) is 9.32. The second-order valence-corrected chi connectivity index (χ2v) is 7.38. The van der Waals surface area contributed by atoms with Gasteiger partial charge >= 0.3 is 0 Å². The van der Waals surface area contributed by atoms with Gasteiger partial charge in [0, 0.05) is 51.4 Å². The average Bonchev–Trinajstić information content (AvgIpc) is 3.24. The van der Waals surface area contributed by atoms with Gasteiger partial charge in [0.15, 0.2) is 0 Å². The molecular formula is C18H31N5O. The molecule has 1 saturated carbocycles. The largest absolute Gasteiger partial charge is 0.355 e. The molecule has 1 aliphatic carbocycles. The van der Waals surface area contributed by atoms with Crippen molar-refractivity contribution in [2.75, 3.05) is 33.2 Å². The number of aryl methyl sites for hydroxylation is 1. The Morgan fingerprint density at radius 2 is 2.17 bits per heavy atom. The van der Waals surface area contributed by atoms with Gasteiger partial charge in [-0.1, -0.05) is 19.3 Å². The minimum Gasteiger partial charge on any atom is -0.355 e. The van der Waals surface area contributed by atoms with Gasteiger partial charge < -0.3 is 15.5 Å². The lowest BCUT2D eigenvalue weighted by Gasteiger charge is -2.31. The second-order valence-electron chi connectivity index (χ2n) is 7.38. The summed E-state index contributed by atoms with van der Waals surface area (Å²) in [7, 11) is 4.11. The van der Waals surface area contributed by atoms with Gasteiger partial charge in [-0.3, -0.25) is 9.48 Å². The molecule has 1 amide bonds. The van der Waals surface area contributed by atoms with Crippen LogP contribution in [0.3, 0.4) is 0 Å². The fraction of sp³-hybridized carbons (Fsp3) is 0.778. The van der Waals surface area contributed by atoms with Crippen LogP contribution in [0.15, 0.2) is 12.4 Å². The number of likely N-dealkylation sites (N-methyl/N-ethyl adjacent to an activating group) is 1. The third kappa shape index (κ3) is 4.16. The molecule has 6 nitrogen and oxygen atoms in total. The Kier molecular flexibility index (Phi) is 5.89. The molecule has 2 aliphatic rings. The van der Waals surface area contributed by atoms with E-state index in [2.05, 4.69) is 27.7 Å². The number of carbonyl (C=O) groups is 1. The molecule has 1 aromatic rings. The number of nitrogens with zero attached hydrogens (tertiary/aromatic N) is 3. The predicted molar refractivity (Wildman–Crippen MR) is 94.8 cm³/mol. The van der Waals surface area contributed by atoms with Crippen molar-refractivity contribution in [2.24, 2.45) is 13.0 Å². The van der Waals surface area contributed by atoms with E-state index in [0.717, 1.165) is 31.7 Å². The van der Waals surface area contributed by atoms with Crippen molar-refractivity contribution >= 4 is 5.91 Å². The molecule has 1 saturated heterocycles. The van der Waals surface area contributed by atoms with Crippen molar-refractivity contribution in [3.8, 4) is 0 Å². The Hall–Kier alpha value is -1.40. The lowest BCUT2D eigenvalue weighted by atomic mass is 9.90. The standard InChI is InChI=1S/C18H31N5O/c1-22(15-6-4-3-5-7-15)9-8-20-18(24)17-12-19-11-16(17)14-10-21-23(2)13-14/h10,13,15-17,19H,3-9,11-12H2,1-2H3,(H,20,24)/t16-,17+/m1/s1. The van der Waals surface area contributed by atoms with E-state index in [0.29, 0.717) is 6.04 Å². The fourth-order valence-electron chi connectivity index (χ4n) is 4.13. The van der Waals surface area contributed by atoms with Crippen LogP contribution in [-0.4, -0.2) is 59.9 Å². The molecule has 0 aromatic carbocycles. The lowest BCUT2D eigenvalue weighted by molar-refractivity contribution is -0.124. The topological polar surface area (TPSA) is 62.2 Å². The molecule has 2 heterocycles. The summed E-state index contributed by atoms with van der Waals surface area (Å²) < 4.78 is 1.81. The Morgan fingerprint density at radius 3 is 2.88 bits per heavy atom. The predicted octanol–water partition coefficient (Wildman–Crippen LogP) is 1.10. The van der Waals surface area contributed by atoms with E-state index in [4.69, 9.17) is 0 Å². The zero-order valence-electron chi connectivity index (χ0n) is 15.0. The minimum atomic E-state index is 0.00851. The summed E-state index contributed by atoms with van der Waals surface area (Å²) in [5, 5.41) is 10.7. The number of amides is 1. The smallest absolute Gasteiger partial charge is 0.225 e. The van der Waals surface area contributed by atoms with E-state index in [-0.39, 0.29) is 17.7 Å². The van der Waals surface area contributed by atoms with Gasteiger partial charge in [0.2, 0.25) is 5.91 Å². The highest BCUT2D eigenvalue weighted by atomic mass is 16.1. The van der Waals surface area contributed by atoms with Crippen LogP contribution in [0.1, 0.15) is 43.6 Å². The zero-order valence-corrected chi connectivity index (χ0v) is 15.0. The first-order chi connectivity index (χ1) is 11.6. The summed E-state index contributed by atoms with van der Waals surface area (Å²) in [6.45, 7) is 3.28. The van der Waals surface area contributed by atoms with Crippen molar-refractivity contribution in [2.45, 2.75) is 44.1 Å². The molecule has 3 rings (SSSR count). The third-order valence-electron chi connectivity index (χ3n) is 5.67. The average molecular weight is 333 g/mol. The van der Waals surface area contributed by atoms with Gasteiger partial charge in [0.1, 0.15) is 0 Å². The molecule has 1 aliphatic heterocycles. The van der Waals surface area contributed by atoms with Crippen LogP contribution in [0.5, 0.6) is 0 Å². The van der Waals surface area contributed by atoms with Crippen LogP contribution in [-0.2, 0) is 11.8 Å². The second kappa shape index (κ2) is 8.12. The molecule has 2 fully saturated rings. The maximum Gasteiger partial charge on any atom is 0.225 e. The molecule has 0 spiro atoms. The number of nitrogens with one attached hydrogen (secondary N) is 2. The highest BCUT2D eigenvalue weighted by molar-refractivity contribution is 5.80. The quantitative estimate of drug-likeness (QED) is 0.818. The van der Waals surface area contributed by atoms with Crippen LogP contribution < -0.4 is 10.6 Å². The van der Waals surface area contributed by atoms with Crippen molar-refractivity contribution in [1.82, 2.24) is 25.3 Å². The first-order valence-electron chi connectivity index (χ1n) is 9.32. The fourth-order valence-corrected chi connectivity index (χ4v) is 4.13. The molecule has 0 unspecified atom stereocenters. The lowest BCUT2D eigenvalue weighted by Crippen LogP contribution is -2.41. The molecule has 24 heavy (non-hydrogen) atoms. The molecule has 134 valence electrons. The summed E-state index contributed by atoms with van der Waals surface area (Å²) in [5.74, 6) is 0.412. The number of hydrogen-bond donors (Lipinski definition) is 2.